The largest absolute Gasteiger partial charge is 0.461 e. The molecule has 1 heterocycles. The Balaban J connectivity index is 1.06. The standard InChI is InChI=1S/C34H37FN2O4/c1-22-18-26(12-16-30(22)34(40)41-21-23-6-3-2-4-7-23)32(38)24-10-14-29(15-11-24)37-33(39)27-13-17-31(36-20-27)25-8-5-9-28(35)19-25/h2-9,13,17,19-20,22,24,26,29-30H,10-12,14-16,18,21H2,1H3,(H,37,39)/t22-,24-,26?,29-,30?/m0/s1. The van der Waals surface area contributed by atoms with Crippen LogP contribution in [-0.2, 0) is 20.9 Å². The summed E-state index contributed by atoms with van der Waals surface area (Å²) in [6.45, 7) is 2.33. The Morgan fingerprint density at radius 3 is 2.34 bits per heavy atom. The molecule has 0 spiro atoms. The van der Waals surface area contributed by atoms with Crippen molar-refractivity contribution in [3.63, 3.8) is 0 Å². The maximum atomic E-state index is 13.5. The first-order valence-electron chi connectivity index (χ1n) is 14.6. The number of carbonyl (C=O) groups excluding carboxylic acids is 3. The summed E-state index contributed by atoms with van der Waals surface area (Å²) >= 11 is 0. The van der Waals surface area contributed by atoms with Crippen LogP contribution in [0.4, 0.5) is 4.39 Å². The van der Waals surface area contributed by atoms with Crippen LogP contribution >= 0.6 is 0 Å². The number of hydrogen-bond acceptors (Lipinski definition) is 5. The molecule has 6 nitrogen and oxygen atoms in total. The van der Waals surface area contributed by atoms with Crippen molar-refractivity contribution in [1.29, 1.82) is 0 Å². The SMILES string of the molecule is C[C@H]1CC(C(=O)[C@H]2CC[C@H](NC(=O)c3ccc(-c4cccc(F)c4)nc3)CC2)CCC1C(=O)OCc1ccccc1. The molecule has 1 N–H and O–H groups in total. The van der Waals surface area contributed by atoms with Crippen LogP contribution in [-0.4, -0.2) is 28.7 Å². The second-order valence-corrected chi connectivity index (χ2v) is 11.6. The second-order valence-electron chi connectivity index (χ2n) is 11.6. The summed E-state index contributed by atoms with van der Waals surface area (Å²) < 4.78 is 19.1. The molecule has 5 rings (SSSR count). The maximum absolute atomic E-state index is 13.5. The van der Waals surface area contributed by atoms with E-state index >= 15 is 0 Å². The van der Waals surface area contributed by atoms with E-state index in [-0.39, 0.29) is 54.0 Å². The highest BCUT2D eigenvalue weighted by molar-refractivity contribution is 5.94. The van der Waals surface area contributed by atoms with Gasteiger partial charge in [0.25, 0.3) is 5.91 Å². The van der Waals surface area contributed by atoms with E-state index in [0.717, 1.165) is 44.1 Å². The molecule has 0 aliphatic heterocycles. The van der Waals surface area contributed by atoms with Gasteiger partial charge in [0.1, 0.15) is 18.2 Å². The minimum atomic E-state index is -0.332. The Hall–Kier alpha value is -3.87. The molecular formula is C34H37FN2O4. The van der Waals surface area contributed by atoms with Crippen LogP contribution in [0.3, 0.4) is 0 Å². The molecule has 214 valence electrons. The Morgan fingerprint density at radius 1 is 0.902 bits per heavy atom. The van der Waals surface area contributed by atoms with Gasteiger partial charge in [-0.25, -0.2) is 4.39 Å². The number of rotatable bonds is 8. The number of carbonyl (C=O) groups is 3. The third-order valence-electron chi connectivity index (χ3n) is 8.71. The number of benzene rings is 2. The van der Waals surface area contributed by atoms with E-state index in [4.69, 9.17) is 4.74 Å². The first kappa shape index (κ1) is 28.7. The highest BCUT2D eigenvalue weighted by Gasteiger charge is 2.39. The zero-order valence-corrected chi connectivity index (χ0v) is 23.4. The number of nitrogens with zero attached hydrogens (tertiary/aromatic N) is 1. The summed E-state index contributed by atoms with van der Waals surface area (Å²) in [6.07, 6.45) is 6.67. The molecule has 7 heteroatoms. The Labute approximate surface area is 240 Å². The lowest BCUT2D eigenvalue weighted by atomic mass is 9.69. The van der Waals surface area contributed by atoms with Crippen molar-refractivity contribution in [3.8, 4) is 11.3 Å². The molecule has 1 amide bonds. The molecule has 2 aromatic carbocycles. The molecule has 3 aromatic rings. The molecule has 2 saturated carbocycles. The Kier molecular flexibility index (Phi) is 9.22. The van der Waals surface area contributed by atoms with Crippen LogP contribution in [0, 0.1) is 29.5 Å². The second kappa shape index (κ2) is 13.2. The molecule has 2 fully saturated rings. The van der Waals surface area contributed by atoms with Crippen molar-refractivity contribution < 1.29 is 23.5 Å². The first-order chi connectivity index (χ1) is 19.9. The molecule has 0 saturated heterocycles. The highest BCUT2D eigenvalue weighted by atomic mass is 19.1. The molecule has 0 bridgehead atoms. The molecule has 2 aliphatic carbocycles. The van der Waals surface area contributed by atoms with Crippen molar-refractivity contribution in [2.24, 2.45) is 23.7 Å². The molecule has 1 aromatic heterocycles. The van der Waals surface area contributed by atoms with Gasteiger partial charge in [-0.3, -0.25) is 19.4 Å². The van der Waals surface area contributed by atoms with Gasteiger partial charge in [-0.15, -0.1) is 0 Å². The third kappa shape index (κ3) is 7.26. The summed E-state index contributed by atoms with van der Waals surface area (Å²) in [7, 11) is 0. The van der Waals surface area contributed by atoms with E-state index < -0.39 is 0 Å². The van der Waals surface area contributed by atoms with Crippen LogP contribution in [0.25, 0.3) is 11.3 Å². The molecule has 2 aliphatic rings. The summed E-state index contributed by atoms with van der Waals surface area (Å²) in [5.41, 5.74) is 2.69. The fourth-order valence-electron chi connectivity index (χ4n) is 6.31. The Morgan fingerprint density at radius 2 is 1.66 bits per heavy atom. The number of hydrogen-bond donors (Lipinski definition) is 1. The van der Waals surface area contributed by atoms with Gasteiger partial charge in [0, 0.05) is 29.6 Å². The number of pyridine rings is 1. The van der Waals surface area contributed by atoms with E-state index in [1.165, 1.54) is 18.3 Å². The molecule has 41 heavy (non-hydrogen) atoms. The minimum absolute atomic E-state index is 0.00847. The lowest BCUT2D eigenvalue weighted by molar-refractivity contribution is -0.154. The van der Waals surface area contributed by atoms with Gasteiger partial charge in [0.05, 0.1) is 17.2 Å². The number of amides is 1. The van der Waals surface area contributed by atoms with Gasteiger partial charge in [-0.2, -0.15) is 0 Å². The normalized spacial score (nSPS) is 24.3. The quantitative estimate of drug-likeness (QED) is 0.319. The average molecular weight is 557 g/mol. The molecule has 3 atom stereocenters. The average Bonchev–Trinajstić information content (AvgIpc) is 3.00. The van der Waals surface area contributed by atoms with E-state index in [0.29, 0.717) is 29.0 Å². The Bertz CT molecular complexity index is 1350. The lowest BCUT2D eigenvalue weighted by Crippen LogP contribution is -2.40. The number of ketones is 1. The highest BCUT2D eigenvalue weighted by Crippen LogP contribution is 2.38. The number of esters is 1. The number of Topliss-reactive ketones (excluding diaryl/α,β-unsaturated/α-hetero) is 1. The van der Waals surface area contributed by atoms with Crippen molar-refractivity contribution >= 4 is 17.7 Å². The van der Waals surface area contributed by atoms with Gasteiger partial charge >= 0.3 is 5.97 Å². The van der Waals surface area contributed by atoms with Gasteiger partial charge in [0.15, 0.2) is 0 Å². The topological polar surface area (TPSA) is 85.4 Å². The van der Waals surface area contributed by atoms with Crippen LogP contribution in [0.5, 0.6) is 0 Å². The van der Waals surface area contributed by atoms with E-state index in [1.807, 2.05) is 30.3 Å². The van der Waals surface area contributed by atoms with Crippen LogP contribution < -0.4 is 5.32 Å². The van der Waals surface area contributed by atoms with Gasteiger partial charge < -0.3 is 10.1 Å². The van der Waals surface area contributed by atoms with E-state index in [2.05, 4.69) is 17.2 Å². The van der Waals surface area contributed by atoms with Crippen LogP contribution in [0.15, 0.2) is 72.9 Å². The number of nitrogens with one attached hydrogen (secondary N) is 1. The summed E-state index contributed by atoms with van der Waals surface area (Å²) in [6, 6.07) is 19.3. The maximum Gasteiger partial charge on any atom is 0.309 e. The van der Waals surface area contributed by atoms with E-state index in [9.17, 15) is 18.8 Å². The molecular weight excluding hydrogens is 519 g/mol. The van der Waals surface area contributed by atoms with Crippen LogP contribution in [0.2, 0.25) is 0 Å². The smallest absolute Gasteiger partial charge is 0.309 e. The van der Waals surface area contributed by atoms with Crippen molar-refractivity contribution in [2.75, 3.05) is 0 Å². The van der Waals surface area contributed by atoms with Crippen molar-refractivity contribution in [1.82, 2.24) is 10.3 Å². The van der Waals surface area contributed by atoms with Gasteiger partial charge in [0.2, 0.25) is 0 Å². The number of ether oxygens (including phenoxy) is 1. The summed E-state index contributed by atoms with van der Waals surface area (Å²) in [5, 5.41) is 3.09. The fraction of sp³-hybridized carbons (Fsp3) is 0.412. The van der Waals surface area contributed by atoms with E-state index in [1.54, 1.807) is 24.3 Å². The fourth-order valence-corrected chi connectivity index (χ4v) is 6.31. The van der Waals surface area contributed by atoms with Crippen molar-refractivity contribution in [2.45, 2.75) is 64.5 Å². The lowest BCUT2D eigenvalue weighted by Gasteiger charge is -2.35. The van der Waals surface area contributed by atoms with Gasteiger partial charge in [-0.1, -0.05) is 49.4 Å². The van der Waals surface area contributed by atoms with Crippen LogP contribution in [0.1, 0.15) is 67.8 Å². The predicted molar refractivity (Wildman–Crippen MR) is 154 cm³/mol. The van der Waals surface area contributed by atoms with Crippen molar-refractivity contribution in [3.05, 3.63) is 89.9 Å². The summed E-state index contributed by atoms with van der Waals surface area (Å²) in [5.74, 6) is -0.428. The predicted octanol–water partition coefficient (Wildman–Crippen LogP) is 6.54. The van der Waals surface area contributed by atoms with Gasteiger partial charge in [-0.05, 0) is 80.7 Å². The number of halogens is 1. The minimum Gasteiger partial charge on any atom is -0.461 e. The zero-order chi connectivity index (χ0) is 28.8. The monoisotopic (exact) mass is 556 g/mol. The molecule has 0 radical (unpaired) electrons. The number of aromatic nitrogens is 1. The third-order valence-corrected chi connectivity index (χ3v) is 8.71. The zero-order valence-electron chi connectivity index (χ0n) is 23.4. The summed E-state index contributed by atoms with van der Waals surface area (Å²) in [4.78, 5) is 43.2. The first-order valence-corrected chi connectivity index (χ1v) is 14.6. The molecule has 2 unspecified atom stereocenters.